The van der Waals surface area contributed by atoms with Gasteiger partial charge >= 0.3 is 0 Å². The van der Waals surface area contributed by atoms with Crippen LogP contribution in [0.1, 0.15) is 10.4 Å². The summed E-state index contributed by atoms with van der Waals surface area (Å²) in [5.41, 5.74) is 0.591. The maximum absolute atomic E-state index is 12.1. The number of nitrogens with one attached hydrogen (secondary N) is 1. The van der Waals surface area contributed by atoms with Crippen LogP contribution in [0.3, 0.4) is 0 Å². The van der Waals surface area contributed by atoms with Crippen LogP contribution in [-0.2, 0) is 14.8 Å². The average molecular weight is 400 g/mol. The van der Waals surface area contributed by atoms with Crippen LogP contribution in [0.15, 0.2) is 34.6 Å². The molecular formula is C16H14ClNO5S2. The summed E-state index contributed by atoms with van der Waals surface area (Å²) in [5, 5.41) is 0.360. The third-order valence-corrected chi connectivity index (χ3v) is 6.38. The SMILES string of the molecule is Cc1ccc(S(=O)(=O)NC(=O)C=Cc2cc(Cl)c3c(c2)OCCO3)s1. The van der Waals surface area contributed by atoms with Gasteiger partial charge in [-0.05, 0) is 42.8 Å². The van der Waals surface area contributed by atoms with Crippen LogP contribution in [0, 0.1) is 6.92 Å². The summed E-state index contributed by atoms with van der Waals surface area (Å²) in [5.74, 6) is 0.197. The van der Waals surface area contributed by atoms with E-state index in [9.17, 15) is 13.2 Å². The van der Waals surface area contributed by atoms with Crippen molar-refractivity contribution in [3.8, 4) is 11.5 Å². The Kier molecular flexibility index (Phi) is 5.03. The number of thiophene rings is 1. The van der Waals surface area contributed by atoms with Crippen LogP contribution in [0.2, 0.25) is 5.02 Å². The maximum Gasteiger partial charge on any atom is 0.273 e. The van der Waals surface area contributed by atoms with Crippen molar-refractivity contribution in [2.45, 2.75) is 11.1 Å². The summed E-state index contributed by atoms with van der Waals surface area (Å²) in [6.45, 7) is 2.62. The molecule has 1 amide bonds. The normalized spacial score (nSPS) is 13.8. The van der Waals surface area contributed by atoms with Gasteiger partial charge in [0.05, 0.1) is 5.02 Å². The minimum absolute atomic E-state index is 0.0918. The second kappa shape index (κ2) is 7.07. The Morgan fingerprint density at radius 3 is 2.76 bits per heavy atom. The number of fused-ring (bicyclic) bond motifs is 1. The molecule has 0 spiro atoms. The monoisotopic (exact) mass is 399 g/mol. The second-order valence-electron chi connectivity index (χ2n) is 5.20. The molecule has 0 saturated heterocycles. The van der Waals surface area contributed by atoms with Crippen molar-refractivity contribution in [3.63, 3.8) is 0 Å². The Labute approximate surface area is 154 Å². The zero-order chi connectivity index (χ0) is 18.0. The summed E-state index contributed by atoms with van der Waals surface area (Å²) in [6, 6.07) is 6.41. The van der Waals surface area contributed by atoms with Gasteiger partial charge < -0.3 is 9.47 Å². The van der Waals surface area contributed by atoms with E-state index in [1.807, 2.05) is 4.72 Å². The molecule has 25 heavy (non-hydrogen) atoms. The minimum atomic E-state index is -3.87. The van der Waals surface area contributed by atoms with E-state index in [2.05, 4.69) is 0 Å². The number of carbonyl (C=O) groups is 1. The van der Waals surface area contributed by atoms with Crippen LogP contribution in [0.25, 0.3) is 6.08 Å². The van der Waals surface area contributed by atoms with E-state index < -0.39 is 15.9 Å². The van der Waals surface area contributed by atoms with Gasteiger partial charge in [0.15, 0.2) is 11.5 Å². The average Bonchev–Trinajstić information content (AvgIpc) is 3.00. The smallest absolute Gasteiger partial charge is 0.273 e. The fraction of sp³-hybridized carbons (Fsp3) is 0.188. The van der Waals surface area contributed by atoms with Gasteiger partial charge in [-0.3, -0.25) is 4.79 Å². The first kappa shape index (κ1) is 17.8. The number of benzene rings is 1. The van der Waals surface area contributed by atoms with Crippen molar-refractivity contribution in [2.24, 2.45) is 0 Å². The summed E-state index contributed by atoms with van der Waals surface area (Å²) >= 11 is 7.21. The van der Waals surface area contributed by atoms with E-state index in [1.54, 1.807) is 25.1 Å². The molecule has 9 heteroatoms. The summed E-state index contributed by atoms with van der Waals surface area (Å²) in [6.07, 6.45) is 2.58. The highest BCUT2D eigenvalue weighted by Gasteiger charge is 2.19. The number of ether oxygens (including phenoxy) is 2. The largest absolute Gasteiger partial charge is 0.486 e. The molecule has 0 atom stereocenters. The van der Waals surface area contributed by atoms with E-state index >= 15 is 0 Å². The third kappa shape index (κ3) is 4.15. The highest BCUT2D eigenvalue weighted by molar-refractivity contribution is 7.92. The molecule has 1 aromatic carbocycles. The van der Waals surface area contributed by atoms with Gasteiger partial charge in [0.1, 0.15) is 17.4 Å². The third-order valence-electron chi connectivity index (χ3n) is 3.26. The molecule has 1 aliphatic heterocycles. The maximum atomic E-state index is 12.1. The van der Waals surface area contributed by atoms with Crippen LogP contribution in [0.4, 0.5) is 0 Å². The number of rotatable bonds is 4. The van der Waals surface area contributed by atoms with Gasteiger partial charge in [-0.15, -0.1) is 11.3 Å². The van der Waals surface area contributed by atoms with Gasteiger partial charge in [0.25, 0.3) is 15.9 Å². The number of amides is 1. The van der Waals surface area contributed by atoms with E-state index in [1.165, 1.54) is 12.1 Å². The zero-order valence-electron chi connectivity index (χ0n) is 13.1. The Balaban J connectivity index is 1.74. The molecule has 1 N–H and O–H groups in total. The first-order valence-corrected chi connectivity index (χ1v) is 9.93. The second-order valence-corrected chi connectivity index (χ2v) is 8.80. The highest BCUT2D eigenvalue weighted by Crippen LogP contribution is 2.38. The van der Waals surface area contributed by atoms with E-state index in [-0.39, 0.29) is 4.21 Å². The molecule has 1 aliphatic rings. The first-order valence-electron chi connectivity index (χ1n) is 7.25. The van der Waals surface area contributed by atoms with E-state index in [0.29, 0.717) is 35.3 Å². The van der Waals surface area contributed by atoms with Gasteiger partial charge in [-0.25, -0.2) is 13.1 Å². The quantitative estimate of drug-likeness (QED) is 0.799. The summed E-state index contributed by atoms with van der Waals surface area (Å²) in [4.78, 5) is 12.8. The molecule has 6 nitrogen and oxygen atoms in total. The van der Waals surface area contributed by atoms with Crippen LogP contribution in [0.5, 0.6) is 11.5 Å². The zero-order valence-corrected chi connectivity index (χ0v) is 15.5. The van der Waals surface area contributed by atoms with Crippen molar-refractivity contribution in [2.75, 3.05) is 13.2 Å². The predicted octanol–water partition coefficient (Wildman–Crippen LogP) is 3.00. The van der Waals surface area contributed by atoms with Crippen LogP contribution in [-0.4, -0.2) is 27.5 Å². The van der Waals surface area contributed by atoms with Crippen molar-refractivity contribution < 1.29 is 22.7 Å². The van der Waals surface area contributed by atoms with Gasteiger partial charge in [-0.2, -0.15) is 0 Å². The van der Waals surface area contributed by atoms with Gasteiger partial charge in [0, 0.05) is 11.0 Å². The summed E-state index contributed by atoms with van der Waals surface area (Å²) < 4.78 is 37.2. The molecule has 0 bridgehead atoms. The van der Waals surface area contributed by atoms with Crippen molar-refractivity contribution in [1.82, 2.24) is 4.72 Å². The number of halogens is 1. The van der Waals surface area contributed by atoms with Gasteiger partial charge in [0.2, 0.25) is 0 Å². The molecule has 0 unspecified atom stereocenters. The van der Waals surface area contributed by atoms with Crippen LogP contribution >= 0.6 is 22.9 Å². The lowest BCUT2D eigenvalue weighted by Gasteiger charge is -2.19. The Morgan fingerprint density at radius 2 is 2.04 bits per heavy atom. The Morgan fingerprint density at radius 1 is 1.28 bits per heavy atom. The molecular weight excluding hydrogens is 386 g/mol. The molecule has 3 rings (SSSR count). The van der Waals surface area contributed by atoms with Crippen molar-refractivity contribution in [3.05, 3.63) is 45.8 Å². The summed E-state index contributed by atoms with van der Waals surface area (Å²) in [7, 11) is -3.87. The fourth-order valence-electron chi connectivity index (χ4n) is 2.17. The topological polar surface area (TPSA) is 81.7 Å². The van der Waals surface area contributed by atoms with Crippen molar-refractivity contribution >= 4 is 44.9 Å². The highest BCUT2D eigenvalue weighted by atomic mass is 35.5. The fourth-order valence-corrected chi connectivity index (χ4v) is 4.67. The van der Waals surface area contributed by atoms with Gasteiger partial charge in [-0.1, -0.05) is 11.6 Å². The number of hydrogen-bond acceptors (Lipinski definition) is 6. The molecule has 0 aliphatic carbocycles. The minimum Gasteiger partial charge on any atom is -0.486 e. The molecule has 2 heterocycles. The number of carbonyl (C=O) groups excluding carboxylic acids is 1. The number of aryl methyl sites for hydroxylation is 1. The van der Waals surface area contributed by atoms with E-state index in [0.717, 1.165) is 22.3 Å². The molecule has 0 saturated carbocycles. The lowest BCUT2D eigenvalue weighted by molar-refractivity contribution is -0.114. The van der Waals surface area contributed by atoms with E-state index in [4.69, 9.17) is 21.1 Å². The molecule has 132 valence electrons. The lowest BCUT2D eigenvalue weighted by atomic mass is 10.2. The predicted molar refractivity (Wildman–Crippen MR) is 95.9 cm³/mol. The lowest BCUT2D eigenvalue weighted by Crippen LogP contribution is -2.28. The Hall–Kier alpha value is -2.03. The van der Waals surface area contributed by atoms with Crippen molar-refractivity contribution in [1.29, 1.82) is 0 Å². The molecule has 2 aromatic rings. The molecule has 1 aromatic heterocycles. The Bertz CT molecular complexity index is 949. The number of sulfonamides is 1. The van der Waals surface area contributed by atoms with Crippen LogP contribution < -0.4 is 14.2 Å². The molecule has 0 fully saturated rings. The molecule has 0 radical (unpaired) electrons. The standard InChI is InChI=1S/C16H14ClNO5S2/c1-10-2-5-15(24-10)25(20,21)18-14(19)4-3-11-8-12(17)16-13(9-11)22-6-7-23-16/h2-5,8-9H,6-7H2,1H3,(H,18,19). The first-order chi connectivity index (χ1) is 11.8. The number of hydrogen-bond donors (Lipinski definition) is 1.